The maximum absolute atomic E-state index is 5.69. The molecular formula is C16H20N2S. The zero-order chi connectivity index (χ0) is 13.5. The summed E-state index contributed by atoms with van der Waals surface area (Å²) in [5, 5.41) is 0. The number of hydrogen-bond acceptors (Lipinski definition) is 3. The minimum Gasteiger partial charge on any atom is -0.399 e. The summed E-state index contributed by atoms with van der Waals surface area (Å²) in [4.78, 5) is 3.67. The molecule has 0 radical (unpaired) electrons. The first-order valence-corrected chi connectivity index (χ1v) is 7.43. The summed E-state index contributed by atoms with van der Waals surface area (Å²) in [7, 11) is 2.15. The van der Waals surface area contributed by atoms with Gasteiger partial charge in [-0.3, -0.25) is 0 Å². The fourth-order valence-corrected chi connectivity index (χ4v) is 2.84. The Hall–Kier alpha value is -1.45. The largest absolute Gasteiger partial charge is 0.399 e. The van der Waals surface area contributed by atoms with E-state index in [1.807, 2.05) is 23.9 Å². The van der Waals surface area contributed by atoms with Gasteiger partial charge in [0.25, 0.3) is 0 Å². The van der Waals surface area contributed by atoms with Gasteiger partial charge >= 0.3 is 0 Å². The van der Waals surface area contributed by atoms with Crippen LogP contribution in [0.1, 0.15) is 5.56 Å². The van der Waals surface area contributed by atoms with Crippen LogP contribution in [0.4, 0.5) is 5.69 Å². The van der Waals surface area contributed by atoms with Gasteiger partial charge in [-0.25, -0.2) is 0 Å². The summed E-state index contributed by atoms with van der Waals surface area (Å²) >= 11 is 1.90. The van der Waals surface area contributed by atoms with Crippen LogP contribution in [-0.2, 0) is 6.54 Å². The summed E-state index contributed by atoms with van der Waals surface area (Å²) < 4.78 is 0. The number of nitrogens with zero attached hydrogens (tertiary/aromatic N) is 1. The van der Waals surface area contributed by atoms with Gasteiger partial charge in [0.1, 0.15) is 0 Å². The molecule has 0 aliphatic rings. The van der Waals surface area contributed by atoms with Crippen molar-refractivity contribution in [2.24, 2.45) is 0 Å². The minimum atomic E-state index is 0.825. The van der Waals surface area contributed by atoms with Crippen molar-refractivity contribution in [1.82, 2.24) is 4.90 Å². The molecule has 2 nitrogen and oxygen atoms in total. The third kappa shape index (κ3) is 4.97. The Balaban J connectivity index is 1.73. The Labute approximate surface area is 119 Å². The van der Waals surface area contributed by atoms with E-state index >= 15 is 0 Å². The maximum atomic E-state index is 5.69. The molecule has 2 aromatic rings. The molecule has 0 saturated heterocycles. The summed E-state index contributed by atoms with van der Waals surface area (Å²) in [5.74, 6) is 1.11. The minimum absolute atomic E-state index is 0.825. The molecule has 2 aromatic carbocycles. The number of anilines is 1. The Morgan fingerprint density at radius 1 is 1.00 bits per heavy atom. The predicted octanol–water partition coefficient (Wildman–Crippen LogP) is 3.49. The topological polar surface area (TPSA) is 29.3 Å². The van der Waals surface area contributed by atoms with Gasteiger partial charge in [0.2, 0.25) is 0 Å². The average molecular weight is 272 g/mol. The lowest BCUT2D eigenvalue weighted by Crippen LogP contribution is -2.20. The first kappa shape index (κ1) is 14.0. The van der Waals surface area contributed by atoms with Crippen LogP contribution in [0, 0.1) is 0 Å². The SMILES string of the molecule is CN(CCSc1ccccc1)Cc1ccc(N)cc1. The maximum Gasteiger partial charge on any atom is 0.0314 e. The summed E-state index contributed by atoms with van der Waals surface area (Å²) in [6.07, 6.45) is 0. The average Bonchev–Trinajstić information content (AvgIpc) is 2.43. The molecule has 2 rings (SSSR count). The fraction of sp³-hybridized carbons (Fsp3) is 0.250. The van der Waals surface area contributed by atoms with Gasteiger partial charge in [-0.05, 0) is 36.9 Å². The molecule has 0 spiro atoms. The molecule has 0 saturated carbocycles. The van der Waals surface area contributed by atoms with Crippen molar-refractivity contribution < 1.29 is 0 Å². The van der Waals surface area contributed by atoms with Gasteiger partial charge in [-0.2, -0.15) is 0 Å². The second kappa shape index (κ2) is 7.22. The van der Waals surface area contributed by atoms with Crippen molar-refractivity contribution in [3.63, 3.8) is 0 Å². The first-order valence-electron chi connectivity index (χ1n) is 6.45. The molecule has 0 bridgehead atoms. The van der Waals surface area contributed by atoms with E-state index < -0.39 is 0 Å². The molecule has 2 N–H and O–H groups in total. The molecule has 0 atom stereocenters. The zero-order valence-electron chi connectivity index (χ0n) is 11.3. The summed E-state index contributed by atoms with van der Waals surface area (Å²) in [6.45, 7) is 2.04. The highest BCUT2D eigenvalue weighted by atomic mass is 32.2. The Morgan fingerprint density at radius 3 is 2.37 bits per heavy atom. The third-order valence-corrected chi connectivity index (χ3v) is 3.91. The molecule has 19 heavy (non-hydrogen) atoms. The van der Waals surface area contributed by atoms with Crippen molar-refractivity contribution in [2.45, 2.75) is 11.4 Å². The number of hydrogen-bond donors (Lipinski definition) is 1. The molecule has 100 valence electrons. The highest BCUT2D eigenvalue weighted by molar-refractivity contribution is 7.99. The quantitative estimate of drug-likeness (QED) is 0.644. The fourth-order valence-electron chi connectivity index (χ4n) is 1.85. The molecule has 0 aromatic heterocycles. The van der Waals surface area contributed by atoms with E-state index in [0.29, 0.717) is 0 Å². The molecule has 0 fully saturated rings. The van der Waals surface area contributed by atoms with Crippen LogP contribution < -0.4 is 5.73 Å². The third-order valence-electron chi connectivity index (χ3n) is 2.92. The van der Waals surface area contributed by atoms with E-state index in [1.54, 1.807) is 0 Å². The predicted molar refractivity (Wildman–Crippen MR) is 84.4 cm³/mol. The van der Waals surface area contributed by atoms with Crippen LogP contribution in [-0.4, -0.2) is 24.2 Å². The van der Waals surface area contributed by atoms with Gasteiger partial charge in [-0.15, -0.1) is 11.8 Å². The van der Waals surface area contributed by atoms with Gasteiger partial charge < -0.3 is 10.6 Å². The van der Waals surface area contributed by atoms with Crippen LogP contribution in [0.15, 0.2) is 59.5 Å². The second-order valence-electron chi connectivity index (χ2n) is 4.64. The highest BCUT2D eigenvalue weighted by Crippen LogP contribution is 2.17. The number of benzene rings is 2. The van der Waals surface area contributed by atoms with Crippen LogP contribution in [0.2, 0.25) is 0 Å². The van der Waals surface area contributed by atoms with E-state index in [2.05, 4.69) is 54.4 Å². The van der Waals surface area contributed by atoms with Crippen molar-refractivity contribution in [3.05, 3.63) is 60.2 Å². The van der Waals surface area contributed by atoms with Crippen molar-refractivity contribution in [1.29, 1.82) is 0 Å². The molecule has 0 amide bonds. The molecule has 0 aliphatic heterocycles. The smallest absolute Gasteiger partial charge is 0.0314 e. The Bertz CT molecular complexity index is 482. The van der Waals surface area contributed by atoms with Crippen LogP contribution in [0.25, 0.3) is 0 Å². The molecular weight excluding hydrogens is 252 g/mol. The monoisotopic (exact) mass is 272 g/mol. The first-order chi connectivity index (χ1) is 9.24. The van der Waals surface area contributed by atoms with Crippen molar-refractivity contribution in [2.75, 3.05) is 25.1 Å². The van der Waals surface area contributed by atoms with Crippen LogP contribution in [0.3, 0.4) is 0 Å². The molecule has 0 unspecified atom stereocenters. The molecule has 3 heteroatoms. The zero-order valence-corrected chi connectivity index (χ0v) is 12.1. The lowest BCUT2D eigenvalue weighted by molar-refractivity contribution is 0.349. The summed E-state index contributed by atoms with van der Waals surface area (Å²) in [5.41, 5.74) is 7.82. The van der Waals surface area contributed by atoms with Gasteiger partial charge in [0.05, 0.1) is 0 Å². The van der Waals surface area contributed by atoms with Crippen molar-refractivity contribution >= 4 is 17.4 Å². The Morgan fingerprint density at radius 2 is 1.68 bits per heavy atom. The Kier molecular flexibility index (Phi) is 5.31. The second-order valence-corrected chi connectivity index (χ2v) is 5.81. The van der Waals surface area contributed by atoms with Gasteiger partial charge in [-0.1, -0.05) is 30.3 Å². The molecule has 0 heterocycles. The summed E-state index contributed by atoms with van der Waals surface area (Å²) in [6, 6.07) is 18.6. The standard InChI is InChI=1S/C16H20N2S/c1-18(13-14-7-9-15(17)10-8-14)11-12-19-16-5-3-2-4-6-16/h2-10H,11-13,17H2,1H3. The van der Waals surface area contributed by atoms with E-state index in [1.165, 1.54) is 10.5 Å². The number of rotatable bonds is 6. The molecule has 0 aliphatic carbocycles. The van der Waals surface area contributed by atoms with Gasteiger partial charge in [0.15, 0.2) is 0 Å². The normalized spacial score (nSPS) is 10.8. The lowest BCUT2D eigenvalue weighted by Gasteiger charge is -2.16. The van der Waals surface area contributed by atoms with Crippen LogP contribution in [0.5, 0.6) is 0 Å². The van der Waals surface area contributed by atoms with E-state index in [9.17, 15) is 0 Å². The van der Waals surface area contributed by atoms with Gasteiger partial charge in [0, 0.05) is 29.4 Å². The number of thioether (sulfide) groups is 1. The van der Waals surface area contributed by atoms with E-state index in [4.69, 9.17) is 5.73 Å². The van der Waals surface area contributed by atoms with E-state index in [-0.39, 0.29) is 0 Å². The van der Waals surface area contributed by atoms with E-state index in [0.717, 1.165) is 24.5 Å². The highest BCUT2D eigenvalue weighted by Gasteiger charge is 2.01. The number of nitrogens with two attached hydrogens (primary N) is 1. The van der Waals surface area contributed by atoms with Crippen molar-refractivity contribution in [3.8, 4) is 0 Å². The number of nitrogen functional groups attached to an aromatic ring is 1. The van der Waals surface area contributed by atoms with Crippen LogP contribution >= 0.6 is 11.8 Å². The lowest BCUT2D eigenvalue weighted by atomic mass is 10.2.